The van der Waals surface area contributed by atoms with E-state index < -0.39 is 11.9 Å². The molecule has 0 saturated heterocycles. The minimum atomic E-state index is -1.08. The zero-order valence-electron chi connectivity index (χ0n) is 26.1. The van der Waals surface area contributed by atoms with Gasteiger partial charge < -0.3 is 30.0 Å². The molecule has 2 unspecified atom stereocenters. The van der Waals surface area contributed by atoms with Crippen LogP contribution in [0.5, 0.6) is 11.5 Å². The summed E-state index contributed by atoms with van der Waals surface area (Å²) in [5, 5.41) is 38.7. The predicted molar refractivity (Wildman–Crippen MR) is 165 cm³/mol. The van der Waals surface area contributed by atoms with Crippen molar-refractivity contribution in [1.29, 1.82) is 0 Å². The zero-order chi connectivity index (χ0) is 32.0. The van der Waals surface area contributed by atoms with Gasteiger partial charge in [0, 0.05) is 35.5 Å². The normalized spacial score (nSPS) is 11.9. The molecule has 8 nitrogen and oxygen atoms in total. The Balaban J connectivity index is 0.00000174. The van der Waals surface area contributed by atoms with Crippen LogP contribution in [0.4, 0.5) is 11.4 Å². The number of aryl methyl sites for hydroxylation is 2. The van der Waals surface area contributed by atoms with Crippen molar-refractivity contribution < 1.29 is 46.8 Å². The number of aromatic hydroxyl groups is 2. The molecule has 0 amide bonds. The van der Waals surface area contributed by atoms with Crippen molar-refractivity contribution in [1.82, 2.24) is 0 Å². The Hall–Kier alpha value is -3.95. The fraction of sp³-hybridized carbons (Fsp3) is 0.353. The first kappa shape index (κ1) is 39.0. The van der Waals surface area contributed by atoms with E-state index in [0.29, 0.717) is 11.8 Å². The van der Waals surface area contributed by atoms with Gasteiger partial charge in [-0.2, -0.15) is 0 Å². The number of nitrogens with zero attached hydrogens (tertiary/aromatic N) is 2. The molecule has 0 aliphatic carbocycles. The number of phenols is 2. The summed E-state index contributed by atoms with van der Waals surface area (Å²) >= 11 is 0. The number of hydrogen-bond acceptors (Lipinski definition) is 8. The maximum absolute atomic E-state index is 10.5. The Bertz CT molecular complexity index is 1290. The third kappa shape index (κ3) is 13.7. The van der Waals surface area contributed by atoms with E-state index >= 15 is 0 Å². The van der Waals surface area contributed by atoms with Crippen LogP contribution in [-0.4, -0.2) is 34.6 Å². The van der Waals surface area contributed by atoms with Gasteiger partial charge in [0.25, 0.3) is 0 Å². The van der Waals surface area contributed by atoms with Gasteiger partial charge in [-0.15, -0.1) is 0 Å². The number of carboxylic acids is 2. The van der Waals surface area contributed by atoms with Crippen LogP contribution in [0.15, 0.2) is 58.5 Å². The summed E-state index contributed by atoms with van der Waals surface area (Å²) in [5.41, 5.74) is 7.15. The molecule has 0 aliphatic heterocycles. The molecule has 0 aliphatic rings. The molecule has 1 radical (unpaired) electrons. The molecule has 0 spiro atoms. The molecule has 0 heterocycles. The molecule has 43 heavy (non-hydrogen) atoms. The Morgan fingerprint density at radius 3 is 1.26 bits per heavy atom. The van der Waals surface area contributed by atoms with E-state index in [1.807, 2.05) is 62.4 Å². The first-order chi connectivity index (χ1) is 19.7. The van der Waals surface area contributed by atoms with Gasteiger partial charge in [0.1, 0.15) is 11.5 Å². The topological polar surface area (TPSA) is 145 Å². The molecule has 0 fully saturated rings. The van der Waals surface area contributed by atoms with Crippen LogP contribution >= 0.6 is 0 Å². The summed E-state index contributed by atoms with van der Waals surface area (Å²) in [7, 11) is 0. The summed E-state index contributed by atoms with van der Waals surface area (Å²) < 4.78 is 0. The third-order valence-corrected chi connectivity index (χ3v) is 6.62. The van der Waals surface area contributed by atoms with Crippen LogP contribution in [0, 0.1) is 13.8 Å². The molecular weight excluding hydrogens is 591 g/mol. The van der Waals surface area contributed by atoms with E-state index in [-0.39, 0.29) is 28.3 Å². The smallest absolute Gasteiger partial charge is 0.550 e. The SMILES string of the molecule is CC(=O)[O-].CC(=O)[O-].CCC(C)c1cc(C)c(O)c(C=Nc2ccc(N=Cc3cc(C(C)CC)cc(C)c3O)cc2)c1.[Co+2]. The first-order valence-electron chi connectivity index (χ1n) is 13.9. The minimum absolute atomic E-state index is 0. The summed E-state index contributed by atoms with van der Waals surface area (Å²) in [6, 6.07) is 15.7. The molecule has 9 heteroatoms. The molecule has 2 N–H and O–H groups in total. The Morgan fingerprint density at radius 1 is 0.721 bits per heavy atom. The molecule has 233 valence electrons. The van der Waals surface area contributed by atoms with Crippen molar-refractivity contribution in [2.45, 2.75) is 80.1 Å². The second kappa shape index (κ2) is 19.3. The van der Waals surface area contributed by atoms with Crippen LogP contribution in [0.2, 0.25) is 0 Å². The maximum Gasteiger partial charge on any atom is 2.00 e. The van der Waals surface area contributed by atoms with Crippen molar-refractivity contribution in [3.8, 4) is 11.5 Å². The van der Waals surface area contributed by atoms with Gasteiger partial charge in [-0.1, -0.05) is 39.8 Å². The van der Waals surface area contributed by atoms with Gasteiger partial charge in [-0.3, -0.25) is 9.98 Å². The number of benzene rings is 3. The van der Waals surface area contributed by atoms with E-state index in [1.54, 1.807) is 12.4 Å². The number of carbonyl (C=O) groups excluding carboxylic acids is 2. The summed E-state index contributed by atoms with van der Waals surface area (Å²) in [4.78, 5) is 26.9. The fourth-order valence-corrected chi connectivity index (χ4v) is 3.82. The van der Waals surface area contributed by atoms with Gasteiger partial charge in [0.2, 0.25) is 0 Å². The minimum Gasteiger partial charge on any atom is -0.550 e. The van der Waals surface area contributed by atoms with Crippen molar-refractivity contribution in [2.24, 2.45) is 9.98 Å². The molecule has 0 bridgehead atoms. The number of aliphatic carboxylic acids is 2. The fourth-order valence-electron chi connectivity index (χ4n) is 3.82. The monoisotopic (exact) mass is 633 g/mol. The van der Waals surface area contributed by atoms with Crippen molar-refractivity contribution in [3.05, 3.63) is 81.9 Å². The first-order valence-corrected chi connectivity index (χ1v) is 13.9. The van der Waals surface area contributed by atoms with Crippen LogP contribution in [0.3, 0.4) is 0 Å². The number of carboxylic acid groups (broad SMARTS) is 2. The maximum atomic E-state index is 10.5. The quantitative estimate of drug-likeness (QED) is 0.302. The Kier molecular flexibility index (Phi) is 17.5. The van der Waals surface area contributed by atoms with Crippen molar-refractivity contribution in [2.75, 3.05) is 0 Å². The summed E-state index contributed by atoms with van der Waals surface area (Å²) in [6.45, 7) is 14.5. The number of rotatable bonds is 8. The van der Waals surface area contributed by atoms with Gasteiger partial charge in [-0.25, -0.2) is 0 Å². The van der Waals surface area contributed by atoms with E-state index in [2.05, 4.69) is 37.7 Å². The molecule has 3 aromatic carbocycles. The van der Waals surface area contributed by atoms with Gasteiger partial charge >= 0.3 is 16.8 Å². The van der Waals surface area contributed by atoms with E-state index in [1.165, 1.54) is 11.1 Å². The number of hydrogen-bond donors (Lipinski definition) is 2. The molecule has 2 atom stereocenters. The molecule has 3 rings (SSSR count). The van der Waals surface area contributed by atoms with Crippen LogP contribution < -0.4 is 10.2 Å². The van der Waals surface area contributed by atoms with Gasteiger partial charge in [0.15, 0.2) is 0 Å². The second-order valence-corrected chi connectivity index (χ2v) is 10.2. The zero-order valence-corrected chi connectivity index (χ0v) is 27.1. The standard InChI is InChI=1S/C30H36N2O2.2C2H4O2.Co/c1-7-19(3)23-13-21(5)29(33)25(15-23)17-31-27-9-11-28(12-10-27)32-18-26-16-24(20(4)8-2)14-22(6)30(26)34;2*1-2(3)4;/h9-20,33-34H,7-8H2,1-6H3;2*1H3,(H,3,4);/q;;;+2/p-2. The largest absolute Gasteiger partial charge is 2.00 e. The van der Waals surface area contributed by atoms with E-state index in [4.69, 9.17) is 19.8 Å². The second-order valence-electron chi connectivity index (χ2n) is 10.2. The van der Waals surface area contributed by atoms with Crippen molar-refractivity contribution in [3.63, 3.8) is 0 Å². The number of aliphatic imine (C=N–C) groups is 2. The molecule has 0 saturated carbocycles. The molecular formula is C34H42CoN2O6. The predicted octanol–water partition coefficient (Wildman–Crippen LogP) is 5.75. The average Bonchev–Trinajstić information content (AvgIpc) is 2.93. The van der Waals surface area contributed by atoms with E-state index in [0.717, 1.165) is 60.3 Å². The van der Waals surface area contributed by atoms with Crippen LogP contribution in [0.1, 0.15) is 99.6 Å². The number of carbonyl (C=O) groups is 2. The third-order valence-electron chi connectivity index (χ3n) is 6.62. The van der Waals surface area contributed by atoms with Crippen LogP contribution in [-0.2, 0) is 26.4 Å². The van der Waals surface area contributed by atoms with Crippen LogP contribution in [0.25, 0.3) is 0 Å². The van der Waals surface area contributed by atoms with Gasteiger partial charge in [-0.05, 0) is 111 Å². The summed E-state index contributed by atoms with van der Waals surface area (Å²) in [6.07, 6.45) is 5.52. The Morgan fingerprint density at radius 2 is 1.00 bits per heavy atom. The Labute approximate surface area is 265 Å². The van der Waals surface area contributed by atoms with Crippen molar-refractivity contribution >= 4 is 35.7 Å². The average molecular weight is 634 g/mol. The molecule has 3 aromatic rings. The van der Waals surface area contributed by atoms with E-state index in [9.17, 15) is 10.2 Å². The number of phenolic OH excluding ortho intramolecular Hbond substituents is 2. The van der Waals surface area contributed by atoms with Gasteiger partial charge in [0.05, 0.1) is 11.4 Å². The summed E-state index contributed by atoms with van der Waals surface area (Å²) in [5.74, 6) is -0.770. The molecule has 0 aromatic heterocycles.